The van der Waals surface area contributed by atoms with E-state index in [0.717, 1.165) is 5.56 Å². The van der Waals surface area contributed by atoms with E-state index in [2.05, 4.69) is 0 Å². The molecular formula is C13H18O6. The van der Waals surface area contributed by atoms with Crippen molar-refractivity contribution in [3.8, 4) is 0 Å². The van der Waals surface area contributed by atoms with E-state index in [1.54, 1.807) is 0 Å². The van der Waals surface area contributed by atoms with E-state index in [0.29, 0.717) is 0 Å². The van der Waals surface area contributed by atoms with Crippen molar-refractivity contribution in [2.75, 3.05) is 6.61 Å². The minimum absolute atomic E-state index is 0.214. The van der Waals surface area contributed by atoms with Gasteiger partial charge in [0.1, 0.15) is 24.4 Å². The van der Waals surface area contributed by atoms with Crippen LogP contribution in [0.3, 0.4) is 0 Å². The molecule has 0 saturated carbocycles. The number of hydrogen-bond donors (Lipinski definition) is 4. The molecule has 0 amide bonds. The van der Waals surface area contributed by atoms with Gasteiger partial charge in [0.25, 0.3) is 0 Å². The van der Waals surface area contributed by atoms with E-state index in [-0.39, 0.29) is 6.61 Å². The lowest BCUT2D eigenvalue weighted by Gasteiger charge is -2.39. The van der Waals surface area contributed by atoms with Gasteiger partial charge in [-0.3, -0.25) is 0 Å². The quantitative estimate of drug-likeness (QED) is 0.560. The Balaban J connectivity index is 2.00. The van der Waals surface area contributed by atoms with Gasteiger partial charge in [-0.05, 0) is 5.56 Å². The molecule has 0 aromatic heterocycles. The summed E-state index contributed by atoms with van der Waals surface area (Å²) in [6, 6.07) is 9.30. The van der Waals surface area contributed by atoms with Gasteiger partial charge in [0.15, 0.2) is 6.29 Å². The topological polar surface area (TPSA) is 99.4 Å². The number of aliphatic hydroxyl groups excluding tert-OH is 4. The molecule has 5 atom stereocenters. The summed E-state index contributed by atoms with van der Waals surface area (Å²) >= 11 is 0. The maximum Gasteiger partial charge on any atom is 0.184 e. The largest absolute Gasteiger partial charge is 0.394 e. The molecule has 19 heavy (non-hydrogen) atoms. The highest BCUT2D eigenvalue weighted by Crippen LogP contribution is 2.23. The van der Waals surface area contributed by atoms with Crippen LogP contribution in [0.5, 0.6) is 0 Å². The second-order valence-electron chi connectivity index (χ2n) is 4.49. The van der Waals surface area contributed by atoms with Gasteiger partial charge in [-0.1, -0.05) is 30.3 Å². The molecule has 1 aliphatic heterocycles. The van der Waals surface area contributed by atoms with Crippen molar-refractivity contribution in [3.05, 3.63) is 35.9 Å². The summed E-state index contributed by atoms with van der Waals surface area (Å²) in [7, 11) is 0. The molecule has 106 valence electrons. The van der Waals surface area contributed by atoms with Gasteiger partial charge in [-0.25, -0.2) is 0 Å². The molecule has 1 aromatic carbocycles. The van der Waals surface area contributed by atoms with Gasteiger partial charge in [0, 0.05) is 0 Å². The Morgan fingerprint density at radius 1 is 1.05 bits per heavy atom. The van der Waals surface area contributed by atoms with Crippen LogP contribution in [0, 0.1) is 0 Å². The standard InChI is InChI=1S/C13H18O6/c14-6-9-12(10(15)11(16)13(17)19-9)18-7-8-4-2-1-3-5-8/h1-5,9-17H,6-7H2/t9-,10-,11-,12-,13-/m1/s1. The Labute approximate surface area is 110 Å². The molecule has 4 N–H and O–H groups in total. The maximum atomic E-state index is 9.86. The first-order chi connectivity index (χ1) is 9.13. The first kappa shape index (κ1) is 14.4. The zero-order valence-corrected chi connectivity index (χ0v) is 10.3. The smallest absolute Gasteiger partial charge is 0.184 e. The first-order valence-corrected chi connectivity index (χ1v) is 6.09. The van der Waals surface area contributed by atoms with E-state index in [4.69, 9.17) is 9.47 Å². The monoisotopic (exact) mass is 270 g/mol. The van der Waals surface area contributed by atoms with Crippen molar-refractivity contribution in [2.45, 2.75) is 37.3 Å². The fraction of sp³-hybridized carbons (Fsp3) is 0.538. The second-order valence-corrected chi connectivity index (χ2v) is 4.49. The lowest BCUT2D eigenvalue weighted by atomic mass is 9.99. The van der Waals surface area contributed by atoms with Crippen molar-refractivity contribution in [3.63, 3.8) is 0 Å². The third-order valence-corrected chi connectivity index (χ3v) is 3.12. The molecule has 0 spiro atoms. The number of ether oxygens (including phenoxy) is 2. The van der Waals surface area contributed by atoms with Crippen LogP contribution in [0.25, 0.3) is 0 Å². The van der Waals surface area contributed by atoms with Crippen LogP contribution in [0.2, 0.25) is 0 Å². The summed E-state index contributed by atoms with van der Waals surface area (Å²) in [5, 5.41) is 37.9. The van der Waals surface area contributed by atoms with Gasteiger partial charge in [-0.2, -0.15) is 0 Å². The first-order valence-electron chi connectivity index (χ1n) is 6.09. The Kier molecular flexibility index (Phi) is 4.87. The van der Waals surface area contributed by atoms with E-state index in [1.807, 2.05) is 30.3 Å². The Hall–Kier alpha value is -1.02. The molecular weight excluding hydrogens is 252 g/mol. The third-order valence-electron chi connectivity index (χ3n) is 3.12. The molecule has 6 nitrogen and oxygen atoms in total. The molecule has 2 rings (SSSR count). The zero-order valence-electron chi connectivity index (χ0n) is 10.3. The van der Waals surface area contributed by atoms with Crippen LogP contribution in [-0.2, 0) is 16.1 Å². The molecule has 1 saturated heterocycles. The minimum atomic E-state index is -1.52. The number of aliphatic hydroxyl groups is 4. The van der Waals surface area contributed by atoms with E-state index < -0.39 is 37.3 Å². The van der Waals surface area contributed by atoms with Crippen LogP contribution in [0.15, 0.2) is 30.3 Å². The van der Waals surface area contributed by atoms with Crippen molar-refractivity contribution >= 4 is 0 Å². The van der Waals surface area contributed by atoms with Crippen molar-refractivity contribution in [2.24, 2.45) is 0 Å². The fourth-order valence-electron chi connectivity index (χ4n) is 2.04. The Bertz CT molecular complexity index is 382. The number of rotatable bonds is 4. The van der Waals surface area contributed by atoms with Crippen LogP contribution < -0.4 is 0 Å². The maximum absolute atomic E-state index is 9.86. The summed E-state index contributed by atoms with van der Waals surface area (Å²) < 4.78 is 10.5. The molecule has 1 heterocycles. The second kappa shape index (κ2) is 6.42. The lowest BCUT2D eigenvalue weighted by molar-refractivity contribution is -0.295. The Morgan fingerprint density at radius 3 is 2.37 bits per heavy atom. The highest BCUT2D eigenvalue weighted by Gasteiger charge is 2.44. The number of benzene rings is 1. The SMILES string of the molecule is OC[C@H]1O[C@@H](O)[C@H](O)[C@@H](O)[C@@H]1OCc1ccccc1. The molecule has 1 fully saturated rings. The summed E-state index contributed by atoms with van der Waals surface area (Å²) in [4.78, 5) is 0. The van der Waals surface area contributed by atoms with Crippen molar-refractivity contribution in [1.29, 1.82) is 0 Å². The highest BCUT2D eigenvalue weighted by atomic mass is 16.6. The summed E-state index contributed by atoms with van der Waals surface area (Å²) in [5.41, 5.74) is 0.895. The molecule has 6 heteroatoms. The highest BCUT2D eigenvalue weighted by molar-refractivity contribution is 5.13. The van der Waals surface area contributed by atoms with Gasteiger partial charge >= 0.3 is 0 Å². The van der Waals surface area contributed by atoms with E-state index in [1.165, 1.54) is 0 Å². The van der Waals surface area contributed by atoms with Crippen molar-refractivity contribution in [1.82, 2.24) is 0 Å². The zero-order chi connectivity index (χ0) is 13.8. The molecule has 1 aliphatic rings. The van der Waals surface area contributed by atoms with E-state index in [9.17, 15) is 20.4 Å². The molecule has 1 aromatic rings. The van der Waals surface area contributed by atoms with Crippen LogP contribution in [0.4, 0.5) is 0 Å². The summed E-state index contributed by atoms with van der Waals surface area (Å²) in [6.45, 7) is -0.203. The average Bonchev–Trinajstić information content (AvgIpc) is 2.44. The summed E-state index contributed by atoms with van der Waals surface area (Å²) in [5.74, 6) is 0. The molecule has 0 radical (unpaired) electrons. The predicted molar refractivity (Wildman–Crippen MR) is 65.0 cm³/mol. The minimum Gasteiger partial charge on any atom is -0.394 e. The molecule has 0 unspecified atom stereocenters. The van der Waals surface area contributed by atoms with Gasteiger partial charge in [-0.15, -0.1) is 0 Å². The Morgan fingerprint density at radius 2 is 1.74 bits per heavy atom. The molecule has 0 bridgehead atoms. The normalized spacial score (nSPS) is 35.3. The fourth-order valence-corrected chi connectivity index (χ4v) is 2.04. The van der Waals surface area contributed by atoms with Gasteiger partial charge in [0.05, 0.1) is 13.2 Å². The lowest BCUT2D eigenvalue weighted by Crippen LogP contribution is -2.59. The van der Waals surface area contributed by atoms with Crippen LogP contribution in [-0.4, -0.2) is 57.7 Å². The average molecular weight is 270 g/mol. The third kappa shape index (κ3) is 3.30. The number of hydrogen-bond acceptors (Lipinski definition) is 6. The van der Waals surface area contributed by atoms with Gasteiger partial charge < -0.3 is 29.9 Å². The van der Waals surface area contributed by atoms with Gasteiger partial charge in [0.2, 0.25) is 0 Å². The van der Waals surface area contributed by atoms with E-state index >= 15 is 0 Å². The van der Waals surface area contributed by atoms with Crippen LogP contribution >= 0.6 is 0 Å². The molecule has 0 aliphatic carbocycles. The predicted octanol–water partition coefficient (Wildman–Crippen LogP) is -0.997. The van der Waals surface area contributed by atoms with Crippen molar-refractivity contribution < 1.29 is 29.9 Å². The summed E-state index contributed by atoms with van der Waals surface area (Å²) in [6.07, 6.45) is -6.07. The van der Waals surface area contributed by atoms with Crippen LogP contribution in [0.1, 0.15) is 5.56 Å².